The number of hydrogen-bond acceptors (Lipinski definition) is 4. The van der Waals surface area contributed by atoms with Gasteiger partial charge in [0.2, 0.25) is 5.91 Å². The molecule has 0 radical (unpaired) electrons. The van der Waals surface area contributed by atoms with E-state index in [1.54, 1.807) is 12.1 Å². The SMILES string of the molecule is CN1CCCCC1CNC(=O)c1ccc(=O)n(CC(=O)NCc2ccc(F)cc2)c1. The number of rotatable bonds is 7. The maximum absolute atomic E-state index is 12.9. The molecule has 0 aliphatic carbocycles. The molecule has 0 spiro atoms. The summed E-state index contributed by atoms with van der Waals surface area (Å²) in [6.45, 7) is 1.60. The van der Waals surface area contributed by atoms with Crippen molar-refractivity contribution in [2.24, 2.45) is 0 Å². The second-order valence-electron chi connectivity index (χ2n) is 7.63. The van der Waals surface area contributed by atoms with Crippen LogP contribution in [-0.4, -0.2) is 47.5 Å². The lowest BCUT2D eigenvalue weighted by Crippen LogP contribution is -2.44. The smallest absolute Gasteiger partial charge is 0.252 e. The molecule has 2 heterocycles. The molecule has 1 aliphatic heterocycles. The molecular weight excluding hydrogens is 387 g/mol. The molecule has 0 bridgehead atoms. The fraction of sp³-hybridized carbons (Fsp3) is 0.409. The van der Waals surface area contributed by atoms with Crippen LogP contribution in [0.5, 0.6) is 0 Å². The summed E-state index contributed by atoms with van der Waals surface area (Å²) in [6.07, 6.45) is 4.78. The van der Waals surface area contributed by atoms with Crippen molar-refractivity contribution in [3.63, 3.8) is 0 Å². The summed E-state index contributed by atoms with van der Waals surface area (Å²) in [5, 5.41) is 5.61. The van der Waals surface area contributed by atoms with Crippen molar-refractivity contribution in [3.05, 3.63) is 69.9 Å². The van der Waals surface area contributed by atoms with Gasteiger partial charge in [-0.15, -0.1) is 0 Å². The Morgan fingerprint density at radius 1 is 1.10 bits per heavy atom. The highest BCUT2D eigenvalue weighted by atomic mass is 19.1. The Hall–Kier alpha value is -3.00. The highest BCUT2D eigenvalue weighted by Gasteiger charge is 2.19. The van der Waals surface area contributed by atoms with Crippen LogP contribution in [0, 0.1) is 5.82 Å². The number of hydrogen-bond donors (Lipinski definition) is 2. The normalized spacial score (nSPS) is 16.8. The number of carbonyl (C=O) groups excluding carboxylic acids is 2. The molecule has 30 heavy (non-hydrogen) atoms. The lowest BCUT2D eigenvalue weighted by molar-refractivity contribution is -0.121. The predicted octanol–water partition coefficient (Wildman–Crippen LogP) is 1.52. The summed E-state index contributed by atoms with van der Waals surface area (Å²) in [5.41, 5.74) is 0.716. The number of halogens is 1. The molecule has 1 unspecified atom stereocenters. The van der Waals surface area contributed by atoms with Crippen molar-refractivity contribution >= 4 is 11.8 Å². The first-order chi connectivity index (χ1) is 14.4. The first-order valence-corrected chi connectivity index (χ1v) is 10.1. The van der Waals surface area contributed by atoms with E-state index in [0.29, 0.717) is 18.2 Å². The van der Waals surface area contributed by atoms with Gasteiger partial charge < -0.3 is 20.1 Å². The van der Waals surface area contributed by atoms with E-state index < -0.39 is 0 Å². The van der Waals surface area contributed by atoms with E-state index >= 15 is 0 Å². The van der Waals surface area contributed by atoms with Gasteiger partial charge in [-0.05, 0) is 50.2 Å². The van der Waals surface area contributed by atoms with Gasteiger partial charge in [-0.3, -0.25) is 14.4 Å². The quantitative estimate of drug-likeness (QED) is 0.720. The van der Waals surface area contributed by atoms with E-state index in [2.05, 4.69) is 22.6 Å². The summed E-state index contributed by atoms with van der Waals surface area (Å²) < 4.78 is 14.1. The monoisotopic (exact) mass is 414 g/mol. The van der Waals surface area contributed by atoms with Gasteiger partial charge in [-0.2, -0.15) is 0 Å². The average Bonchev–Trinajstić information content (AvgIpc) is 2.74. The van der Waals surface area contributed by atoms with Crippen molar-refractivity contribution in [2.45, 2.75) is 38.4 Å². The van der Waals surface area contributed by atoms with E-state index in [0.717, 1.165) is 24.9 Å². The lowest BCUT2D eigenvalue weighted by Gasteiger charge is -2.32. The zero-order valence-corrected chi connectivity index (χ0v) is 17.1. The number of nitrogens with one attached hydrogen (secondary N) is 2. The van der Waals surface area contributed by atoms with Gasteiger partial charge in [0.15, 0.2) is 0 Å². The number of aromatic nitrogens is 1. The highest BCUT2D eigenvalue weighted by Crippen LogP contribution is 2.14. The minimum atomic E-state index is -0.372. The molecule has 2 N–H and O–H groups in total. The molecule has 3 rings (SSSR count). The molecular formula is C22H27FN4O3. The maximum atomic E-state index is 12.9. The molecule has 1 aliphatic rings. The van der Waals surface area contributed by atoms with Crippen LogP contribution in [0.25, 0.3) is 0 Å². The number of benzene rings is 1. The number of pyridine rings is 1. The maximum Gasteiger partial charge on any atom is 0.252 e. The molecule has 8 heteroatoms. The third kappa shape index (κ3) is 6.00. The summed E-state index contributed by atoms with van der Waals surface area (Å²) in [7, 11) is 2.06. The van der Waals surface area contributed by atoms with Crippen molar-refractivity contribution < 1.29 is 14.0 Å². The second-order valence-corrected chi connectivity index (χ2v) is 7.63. The second kappa shape index (κ2) is 10.2. The Morgan fingerprint density at radius 3 is 2.60 bits per heavy atom. The largest absolute Gasteiger partial charge is 0.350 e. The lowest BCUT2D eigenvalue weighted by atomic mass is 10.0. The molecule has 2 amide bonds. The number of likely N-dealkylation sites (N-methyl/N-ethyl adjacent to an activating group) is 1. The van der Waals surface area contributed by atoms with Crippen molar-refractivity contribution in [1.82, 2.24) is 20.1 Å². The minimum Gasteiger partial charge on any atom is -0.350 e. The number of likely N-dealkylation sites (tertiary alicyclic amines) is 1. The van der Waals surface area contributed by atoms with Gasteiger partial charge >= 0.3 is 0 Å². The Bertz CT molecular complexity index is 942. The fourth-order valence-corrected chi connectivity index (χ4v) is 3.52. The molecule has 1 aromatic heterocycles. The highest BCUT2D eigenvalue weighted by molar-refractivity contribution is 5.93. The van der Waals surface area contributed by atoms with E-state index in [-0.39, 0.29) is 36.3 Å². The van der Waals surface area contributed by atoms with Crippen LogP contribution in [0.2, 0.25) is 0 Å². The summed E-state index contributed by atoms with van der Waals surface area (Å²) in [4.78, 5) is 39.0. The Morgan fingerprint density at radius 2 is 1.87 bits per heavy atom. The molecule has 1 saturated heterocycles. The zero-order valence-electron chi connectivity index (χ0n) is 17.1. The zero-order chi connectivity index (χ0) is 21.5. The van der Waals surface area contributed by atoms with Gasteiger partial charge in [0.25, 0.3) is 11.5 Å². The van der Waals surface area contributed by atoms with E-state index in [9.17, 15) is 18.8 Å². The van der Waals surface area contributed by atoms with Crippen molar-refractivity contribution in [3.8, 4) is 0 Å². The van der Waals surface area contributed by atoms with Crippen LogP contribution in [-0.2, 0) is 17.9 Å². The first kappa shape index (κ1) is 21.7. The van der Waals surface area contributed by atoms with E-state index in [1.807, 2.05) is 0 Å². The number of amides is 2. The van der Waals surface area contributed by atoms with Crippen LogP contribution < -0.4 is 16.2 Å². The molecule has 2 aromatic rings. The van der Waals surface area contributed by atoms with Gasteiger partial charge in [0.05, 0.1) is 5.56 Å². The van der Waals surface area contributed by atoms with E-state index in [1.165, 1.54) is 41.5 Å². The minimum absolute atomic E-state index is 0.202. The van der Waals surface area contributed by atoms with E-state index in [4.69, 9.17) is 0 Å². The third-order valence-corrected chi connectivity index (χ3v) is 5.38. The summed E-state index contributed by atoms with van der Waals surface area (Å²) in [6, 6.07) is 8.86. The van der Waals surface area contributed by atoms with Crippen LogP contribution in [0.3, 0.4) is 0 Å². The molecule has 7 nitrogen and oxygen atoms in total. The van der Waals surface area contributed by atoms with Crippen LogP contribution in [0.1, 0.15) is 35.2 Å². The number of piperidine rings is 1. The van der Waals surface area contributed by atoms with Crippen LogP contribution >= 0.6 is 0 Å². The summed E-state index contributed by atoms with van der Waals surface area (Å²) in [5.74, 6) is -0.987. The fourth-order valence-electron chi connectivity index (χ4n) is 3.52. The van der Waals surface area contributed by atoms with Crippen molar-refractivity contribution in [1.29, 1.82) is 0 Å². The molecule has 1 fully saturated rings. The molecule has 0 saturated carbocycles. The third-order valence-electron chi connectivity index (χ3n) is 5.38. The molecule has 160 valence electrons. The Kier molecular flexibility index (Phi) is 7.35. The summed E-state index contributed by atoms with van der Waals surface area (Å²) >= 11 is 0. The predicted molar refractivity (Wildman–Crippen MR) is 112 cm³/mol. The van der Waals surface area contributed by atoms with Crippen LogP contribution in [0.4, 0.5) is 4.39 Å². The Balaban J connectivity index is 1.55. The number of carbonyl (C=O) groups is 2. The van der Waals surface area contributed by atoms with Gasteiger partial charge in [-0.25, -0.2) is 4.39 Å². The molecule has 1 aromatic carbocycles. The standard InChI is InChI=1S/C22H27FN4O3/c1-26-11-3-2-4-19(26)13-25-22(30)17-7-10-21(29)27(14-17)15-20(28)24-12-16-5-8-18(23)9-6-16/h5-10,14,19H,2-4,11-13,15H2,1H3,(H,24,28)(H,25,30). The Labute approximate surface area is 174 Å². The van der Waals surface area contributed by atoms with Gasteiger partial charge in [-0.1, -0.05) is 18.6 Å². The molecule has 1 atom stereocenters. The topological polar surface area (TPSA) is 83.4 Å². The average molecular weight is 414 g/mol. The number of nitrogens with zero attached hydrogens (tertiary/aromatic N) is 2. The van der Waals surface area contributed by atoms with Crippen molar-refractivity contribution in [2.75, 3.05) is 20.1 Å². The van der Waals surface area contributed by atoms with Gasteiger partial charge in [0.1, 0.15) is 12.4 Å². The van der Waals surface area contributed by atoms with Crippen LogP contribution in [0.15, 0.2) is 47.4 Å². The van der Waals surface area contributed by atoms with Gasteiger partial charge in [0, 0.05) is 31.4 Å². The first-order valence-electron chi connectivity index (χ1n) is 10.1.